The summed E-state index contributed by atoms with van der Waals surface area (Å²) in [6.07, 6.45) is 6.76. The van der Waals surface area contributed by atoms with Gasteiger partial charge in [0.15, 0.2) is 0 Å². The van der Waals surface area contributed by atoms with Crippen molar-refractivity contribution in [3.8, 4) is 0 Å². The number of ketones is 2. The molecule has 2 aliphatic rings. The van der Waals surface area contributed by atoms with Crippen LogP contribution in [0.5, 0.6) is 0 Å². The van der Waals surface area contributed by atoms with Crippen LogP contribution in [0.25, 0.3) is 0 Å². The van der Waals surface area contributed by atoms with E-state index in [2.05, 4.69) is 26.8 Å². The van der Waals surface area contributed by atoms with Crippen molar-refractivity contribution in [3.63, 3.8) is 0 Å². The first-order valence-corrected chi connectivity index (χ1v) is 9.54. The Morgan fingerprint density at radius 1 is 1.00 bits per heavy atom. The molecule has 0 aliphatic heterocycles. The minimum absolute atomic E-state index is 0.271. The van der Waals surface area contributed by atoms with Crippen LogP contribution in [0.3, 0.4) is 0 Å². The van der Waals surface area contributed by atoms with Gasteiger partial charge in [-0.2, -0.15) is 0 Å². The van der Waals surface area contributed by atoms with Crippen molar-refractivity contribution in [3.05, 3.63) is 58.7 Å². The lowest BCUT2D eigenvalue weighted by Crippen LogP contribution is -2.27. The summed E-state index contributed by atoms with van der Waals surface area (Å²) in [5, 5.41) is 0. The molecule has 132 valence electrons. The van der Waals surface area contributed by atoms with Gasteiger partial charge in [0.1, 0.15) is 0 Å². The van der Waals surface area contributed by atoms with Gasteiger partial charge in [0, 0.05) is 17.6 Å². The predicted molar refractivity (Wildman–Crippen MR) is 101 cm³/mol. The summed E-state index contributed by atoms with van der Waals surface area (Å²) < 4.78 is 0. The topological polar surface area (TPSA) is 34.1 Å². The van der Waals surface area contributed by atoms with Gasteiger partial charge >= 0.3 is 0 Å². The van der Waals surface area contributed by atoms with Gasteiger partial charge in [-0.05, 0) is 54.6 Å². The molecule has 3 rings (SSSR count). The maximum atomic E-state index is 12.9. The first-order chi connectivity index (χ1) is 12.0. The predicted octanol–water partition coefficient (Wildman–Crippen LogP) is 5.09. The lowest BCUT2D eigenvalue weighted by molar-refractivity contribution is -0.132. The maximum Gasteiger partial charge on any atom is 0.229 e. The zero-order valence-corrected chi connectivity index (χ0v) is 15.5. The fourth-order valence-corrected chi connectivity index (χ4v) is 3.62. The molecule has 0 heterocycles. The molecule has 0 bridgehead atoms. The Bertz CT molecular complexity index is 718. The van der Waals surface area contributed by atoms with Crippen molar-refractivity contribution in [2.24, 2.45) is 17.8 Å². The van der Waals surface area contributed by atoms with Crippen LogP contribution < -0.4 is 0 Å². The van der Waals surface area contributed by atoms with Crippen molar-refractivity contribution in [2.45, 2.75) is 52.9 Å². The third-order valence-electron chi connectivity index (χ3n) is 5.48. The summed E-state index contributed by atoms with van der Waals surface area (Å²) in [6.45, 7) is 6.53. The zero-order chi connectivity index (χ0) is 18.0. The molecule has 1 atom stereocenters. The number of benzene rings is 1. The van der Waals surface area contributed by atoms with E-state index in [-0.39, 0.29) is 11.6 Å². The van der Waals surface area contributed by atoms with Gasteiger partial charge in [-0.3, -0.25) is 9.59 Å². The highest BCUT2D eigenvalue weighted by Crippen LogP contribution is 2.43. The smallest absolute Gasteiger partial charge is 0.229 e. The summed E-state index contributed by atoms with van der Waals surface area (Å²) in [5.41, 5.74) is 3.66. The molecule has 0 N–H and O–H groups in total. The zero-order valence-electron chi connectivity index (χ0n) is 15.5. The first-order valence-electron chi connectivity index (χ1n) is 9.54. The van der Waals surface area contributed by atoms with Gasteiger partial charge in [-0.1, -0.05) is 57.2 Å². The molecule has 1 aromatic carbocycles. The molecule has 0 spiro atoms. The summed E-state index contributed by atoms with van der Waals surface area (Å²) in [6, 6.07) is 10.0. The minimum atomic E-state index is -0.279. The number of hydrogen-bond acceptors (Lipinski definition) is 2. The van der Waals surface area contributed by atoms with Crippen molar-refractivity contribution >= 4 is 11.6 Å². The largest absolute Gasteiger partial charge is 0.285 e. The number of allylic oxidation sites excluding steroid dienone is 4. The summed E-state index contributed by atoms with van der Waals surface area (Å²) in [7, 11) is 0. The number of Topliss-reactive ketones (excluding diaryl/α,β-unsaturated/α-hetero) is 2. The Hall–Kier alpha value is -1.96. The summed E-state index contributed by atoms with van der Waals surface area (Å²) in [4.78, 5) is 25.5. The van der Waals surface area contributed by atoms with Gasteiger partial charge in [-0.25, -0.2) is 0 Å². The molecular weight excluding hydrogens is 308 g/mol. The molecule has 1 aromatic rings. The van der Waals surface area contributed by atoms with E-state index in [1.165, 1.54) is 12.8 Å². The first kappa shape index (κ1) is 17.8. The monoisotopic (exact) mass is 336 g/mol. The highest BCUT2D eigenvalue weighted by molar-refractivity contribution is 6.50. The summed E-state index contributed by atoms with van der Waals surface area (Å²) in [5.74, 6) is 1.02. The molecule has 0 saturated heterocycles. The second-order valence-corrected chi connectivity index (χ2v) is 7.98. The van der Waals surface area contributed by atoms with Crippen molar-refractivity contribution < 1.29 is 9.59 Å². The SMILES string of the molecule is CC(C)CCC1=CC(C(C)C2CC2)=C(Cc2ccccc2)C(=O)C1=O. The van der Waals surface area contributed by atoms with E-state index in [1.54, 1.807) is 0 Å². The third kappa shape index (κ3) is 4.18. The Labute approximate surface area is 151 Å². The van der Waals surface area contributed by atoms with Crippen LogP contribution in [0, 0.1) is 17.8 Å². The van der Waals surface area contributed by atoms with Gasteiger partial charge in [0.2, 0.25) is 11.6 Å². The molecular formula is C23H28O2. The lowest BCUT2D eigenvalue weighted by Gasteiger charge is -2.23. The number of carbonyl (C=O) groups excluding carboxylic acids is 2. The molecule has 0 aromatic heterocycles. The van der Waals surface area contributed by atoms with Crippen molar-refractivity contribution in [2.75, 3.05) is 0 Å². The molecule has 2 heteroatoms. The van der Waals surface area contributed by atoms with Crippen LogP contribution >= 0.6 is 0 Å². The highest BCUT2D eigenvalue weighted by Gasteiger charge is 2.36. The van der Waals surface area contributed by atoms with E-state index < -0.39 is 0 Å². The van der Waals surface area contributed by atoms with Crippen LogP contribution in [-0.2, 0) is 16.0 Å². The van der Waals surface area contributed by atoms with E-state index in [1.807, 2.05) is 30.3 Å². The molecule has 2 nitrogen and oxygen atoms in total. The average Bonchev–Trinajstić information content (AvgIpc) is 3.43. The second-order valence-electron chi connectivity index (χ2n) is 7.98. The van der Waals surface area contributed by atoms with E-state index in [0.29, 0.717) is 30.6 Å². The fraction of sp³-hybridized carbons (Fsp3) is 0.478. The Balaban J connectivity index is 1.96. The molecule has 2 aliphatic carbocycles. The lowest BCUT2D eigenvalue weighted by atomic mass is 9.79. The van der Waals surface area contributed by atoms with Crippen LogP contribution in [0.2, 0.25) is 0 Å². The molecule has 1 fully saturated rings. The van der Waals surface area contributed by atoms with Crippen LogP contribution in [0.15, 0.2) is 53.1 Å². The Kier molecular flexibility index (Phi) is 5.36. The number of hydrogen-bond donors (Lipinski definition) is 0. The van der Waals surface area contributed by atoms with E-state index in [4.69, 9.17) is 0 Å². The van der Waals surface area contributed by atoms with E-state index in [9.17, 15) is 9.59 Å². The molecule has 1 saturated carbocycles. The van der Waals surface area contributed by atoms with Crippen molar-refractivity contribution in [1.29, 1.82) is 0 Å². The number of carbonyl (C=O) groups is 2. The quantitative estimate of drug-likeness (QED) is 0.513. The standard InChI is InChI=1S/C23H28O2/c1-15(2)9-10-19-14-20(16(3)18-11-12-18)21(23(25)22(19)24)13-17-7-5-4-6-8-17/h4-8,14-16,18H,9-13H2,1-3H3. The van der Waals surface area contributed by atoms with Gasteiger partial charge in [0.05, 0.1) is 0 Å². The second kappa shape index (κ2) is 7.51. The average molecular weight is 336 g/mol. The third-order valence-corrected chi connectivity index (χ3v) is 5.48. The molecule has 1 unspecified atom stereocenters. The van der Waals surface area contributed by atoms with Gasteiger partial charge < -0.3 is 0 Å². The van der Waals surface area contributed by atoms with Crippen LogP contribution in [-0.4, -0.2) is 11.6 Å². The van der Waals surface area contributed by atoms with E-state index in [0.717, 1.165) is 28.7 Å². The van der Waals surface area contributed by atoms with E-state index >= 15 is 0 Å². The molecule has 0 amide bonds. The van der Waals surface area contributed by atoms with Crippen LogP contribution in [0.1, 0.15) is 52.0 Å². The van der Waals surface area contributed by atoms with Gasteiger partial charge in [-0.15, -0.1) is 0 Å². The van der Waals surface area contributed by atoms with Crippen LogP contribution in [0.4, 0.5) is 0 Å². The highest BCUT2D eigenvalue weighted by atomic mass is 16.2. The fourth-order valence-electron chi connectivity index (χ4n) is 3.62. The van der Waals surface area contributed by atoms with Gasteiger partial charge in [0.25, 0.3) is 0 Å². The Morgan fingerprint density at radius 3 is 2.28 bits per heavy atom. The van der Waals surface area contributed by atoms with Crippen molar-refractivity contribution in [1.82, 2.24) is 0 Å². The normalized spacial score (nSPS) is 19.4. The molecule has 0 radical (unpaired) electrons. The maximum absolute atomic E-state index is 12.9. The summed E-state index contributed by atoms with van der Waals surface area (Å²) >= 11 is 0. The minimum Gasteiger partial charge on any atom is -0.285 e. The Morgan fingerprint density at radius 2 is 1.68 bits per heavy atom. The molecule has 25 heavy (non-hydrogen) atoms. The number of rotatable bonds is 7.